The maximum absolute atomic E-state index is 12.6. The van der Waals surface area contributed by atoms with Crippen LogP contribution in [0.4, 0.5) is 0 Å². The lowest BCUT2D eigenvalue weighted by Gasteiger charge is -2.44. The molecule has 3 heterocycles. The normalized spacial score (nSPS) is 26.1. The van der Waals surface area contributed by atoms with E-state index in [0.717, 1.165) is 6.42 Å². The molecule has 2 atom stereocenters. The van der Waals surface area contributed by atoms with Crippen LogP contribution in [0.1, 0.15) is 23.8 Å². The second-order valence-electron chi connectivity index (χ2n) is 4.80. The molecule has 0 N–H and O–H groups in total. The van der Waals surface area contributed by atoms with Gasteiger partial charge in [0.1, 0.15) is 5.69 Å². The van der Waals surface area contributed by atoms with E-state index in [4.69, 9.17) is 4.74 Å². The Balaban J connectivity index is 2.16. The van der Waals surface area contributed by atoms with Crippen molar-refractivity contribution in [3.63, 3.8) is 0 Å². The van der Waals surface area contributed by atoms with Crippen LogP contribution >= 0.6 is 31.9 Å². The third-order valence-electron chi connectivity index (χ3n) is 3.60. The first-order chi connectivity index (χ1) is 9.00. The molecule has 1 saturated heterocycles. The Morgan fingerprint density at radius 1 is 1.37 bits per heavy atom. The summed E-state index contributed by atoms with van der Waals surface area (Å²) >= 11 is 6.46. The van der Waals surface area contributed by atoms with Gasteiger partial charge >= 0.3 is 0 Å². The lowest BCUT2D eigenvalue weighted by molar-refractivity contribution is -0.112. The Kier molecular flexibility index (Phi) is 3.31. The molecule has 0 spiro atoms. The fraction of sp³-hybridized carbons (Fsp3) is 0.500. The van der Waals surface area contributed by atoms with Crippen molar-refractivity contribution < 1.29 is 9.53 Å². The van der Waals surface area contributed by atoms with Crippen LogP contribution in [0.2, 0.25) is 0 Å². The summed E-state index contributed by atoms with van der Waals surface area (Å²) in [6.45, 7) is 3.21. The number of halogens is 2. The molecule has 3 rings (SSSR count). The Labute approximate surface area is 126 Å². The average molecular weight is 392 g/mol. The number of ether oxygens (including phenoxy) is 1. The van der Waals surface area contributed by atoms with Gasteiger partial charge in [-0.15, -0.1) is 0 Å². The lowest BCUT2D eigenvalue weighted by atomic mass is 10.1. The summed E-state index contributed by atoms with van der Waals surface area (Å²) in [7, 11) is 0. The first-order valence-corrected chi connectivity index (χ1v) is 7.62. The van der Waals surface area contributed by atoms with Crippen LogP contribution < -0.4 is 5.43 Å². The van der Waals surface area contributed by atoms with E-state index in [1.807, 2.05) is 6.92 Å². The molecule has 102 valence electrons. The Morgan fingerprint density at radius 3 is 2.84 bits per heavy atom. The van der Waals surface area contributed by atoms with Crippen molar-refractivity contribution in [2.24, 2.45) is 0 Å². The first kappa shape index (κ1) is 13.3. The van der Waals surface area contributed by atoms with Crippen LogP contribution in [-0.2, 0) is 11.3 Å². The number of amides is 1. The number of hydrogen-bond donors (Lipinski definition) is 0. The summed E-state index contributed by atoms with van der Waals surface area (Å²) in [5, 5.41) is 0. The Bertz CT molecular complexity index is 614. The molecule has 1 unspecified atom stereocenters. The maximum Gasteiger partial charge on any atom is 0.274 e. The third-order valence-corrected chi connectivity index (χ3v) is 4.90. The van der Waals surface area contributed by atoms with Crippen molar-refractivity contribution in [3.8, 4) is 0 Å². The van der Waals surface area contributed by atoms with Crippen molar-refractivity contribution in [1.82, 2.24) is 9.47 Å². The van der Waals surface area contributed by atoms with Crippen LogP contribution in [0.3, 0.4) is 0 Å². The highest BCUT2D eigenvalue weighted by molar-refractivity contribution is 9.11. The van der Waals surface area contributed by atoms with Gasteiger partial charge in [0.05, 0.1) is 22.1 Å². The molecule has 19 heavy (non-hydrogen) atoms. The number of nitrogens with zero attached hydrogens (tertiary/aromatic N) is 2. The van der Waals surface area contributed by atoms with E-state index in [-0.39, 0.29) is 23.6 Å². The fourth-order valence-corrected chi connectivity index (χ4v) is 3.92. The fourth-order valence-electron chi connectivity index (χ4n) is 2.60. The van der Waals surface area contributed by atoms with E-state index in [0.29, 0.717) is 27.8 Å². The van der Waals surface area contributed by atoms with Gasteiger partial charge in [-0.2, -0.15) is 0 Å². The summed E-state index contributed by atoms with van der Waals surface area (Å²) < 4.78 is 8.19. The van der Waals surface area contributed by atoms with Gasteiger partial charge in [-0.3, -0.25) is 9.59 Å². The number of hydrogen-bond acceptors (Lipinski definition) is 3. The largest absolute Gasteiger partial charge is 0.356 e. The predicted octanol–water partition coefficient (Wildman–Crippen LogP) is 1.96. The molecule has 2 aliphatic rings. The minimum atomic E-state index is -0.245. The van der Waals surface area contributed by atoms with Gasteiger partial charge < -0.3 is 14.2 Å². The van der Waals surface area contributed by atoms with Crippen LogP contribution in [0.5, 0.6) is 0 Å². The topological polar surface area (TPSA) is 51.5 Å². The van der Waals surface area contributed by atoms with Crippen LogP contribution in [0.15, 0.2) is 19.9 Å². The van der Waals surface area contributed by atoms with E-state index in [1.54, 1.807) is 15.7 Å². The summed E-state index contributed by atoms with van der Waals surface area (Å²) in [6.07, 6.45) is 2.23. The minimum Gasteiger partial charge on any atom is -0.356 e. The van der Waals surface area contributed by atoms with E-state index in [2.05, 4.69) is 31.9 Å². The molecule has 1 amide bonds. The van der Waals surface area contributed by atoms with Gasteiger partial charge in [-0.1, -0.05) is 0 Å². The van der Waals surface area contributed by atoms with Gasteiger partial charge in [0, 0.05) is 12.2 Å². The molecule has 0 saturated carbocycles. The molecule has 1 aromatic rings. The number of pyridine rings is 1. The SMILES string of the molecule is C[C@@H]1CCOC2Cn3cc(Br)c(=O)c(Br)c3C(=O)N21. The van der Waals surface area contributed by atoms with Crippen LogP contribution in [0, 0.1) is 0 Å². The molecule has 2 aliphatic heterocycles. The number of aromatic nitrogens is 1. The van der Waals surface area contributed by atoms with E-state index < -0.39 is 0 Å². The van der Waals surface area contributed by atoms with Crippen molar-refractivity contribution in [3.05, 3.63) is 31.1 Å². The maximum atomic E-state index is 12.6. The zero-order valence-electron chi connectivity index (χ0n) is 10.2. The van der Waals surface area contributed by atoms with Gasteiger partial charge in [0.2, 0.25) is 5.43 Å². The second-order valence-corrected chi connectivity index (χ2v) is 6.44. The molecule has 5 nitrogen and oxygen atoms in total. The number of rotatable bonds is 0. The highest BCUT2D eigenvalue weighted by Gasteiger charge is 2.39. The highest BCUT2D eigenvalue weighted by Crippen LogP contribution is 2.29. The molecule has 1 fully saturated rings. The zero-order valence-corrected chi connectivity index (χ0v) is 13.4. The minimum absolute atomic E-state index is 0.130. The Hall–Kier alpha value is -0.660. The zero-order chi connectivity index (χ0) is 13.7. The summed E-state index contributed by atoms with van der Waals surface area (Å²) in [5.41, 5.74) is 0.199. The molecule has 1 aromatic heterocycles. The molecular weight excluding hydrogens is 380 g/mol. The van der Waals surface area contributed by atoms with Gasteiger partial charge in [0.15, 0.2) is 6.23 Å². The van der Waals surface area contributed by atoms with Crippen molar-refractivity contribution >= 4 is 37.8 Å². The highest BCUT2D eigenvalue weighted by atomic mass is 79.9. The third kappa shape index (κ3) is 1.98. The van der Waals surface area contributed by atoms with Gasteiger partial charge in [-0.05, 0) is 45.2 Å². The molecule has 0 radical (unpaired) electrons. The monoisotopic (exact) mass is 390 g/mol. The molecular formula is C12H12Br2N2O3. The first-order valence-electron chi connectivity index (χ1n) is 6.03. The molecule has 7 heteroatoms. The van der Waals surface area contributed by atoms with E-state index in [9.17, 15) is 9.59 Å². The lowest BCUT2D eigenvalue weighted by Crippen LogP contribution is -2.57. The Morgan fingerprint density at radius 2 is 2.11 bits per heavy atom. The van der Waals surface area contributed by atoms with E-state index in [1.165, 1.54) is 0 Å². The summed E-state index contributed by atoms with van der Waals surface area (Å²) in [4.78, 5) is 26.2. The average Bonchev–Trinajstić information content (AvgIpc) is 2.35. The number of carbonyl (C=O) groups excluding carboxylic acids is 1. The standard InChI is InChI=1S/C12H12Br2N2O3/c1-6-2-3-19-8-5-15-4-7(13)11(17)9(14)10(15)12(18)16(6)8/h4,6,8H,2-3,5H2,1H3/t6-,8?/m1/s1. The van der Waals surface area contributed by atoms with Crippen molar-refractivity contribution in [1.29, 1.82) is 0 Å². The number of carbonyl (C=O) groups is 1. The number of fused-ring (bicyclic) bond motifs is 2. The molecule has 0 bridgehead atoms. The van der Waals surface area contributed by atoms with Crippen molar-refractivity contribution in [2.75, 3.05) is 6.61 Å². The predicted molar refractivity (Wildman–Crippen MR) is 76.1 cm³/mol. The van der Waals surface area contributed by atoms with Gasteiger partial charge in [-0.25, -0.2) is 0 Å². The van der Waals surface area contributed by atoms with E-state index >= 15 is 0 Å². The summed E-state index contributed by atoms with van der Waals surface area (Å²) in [6, 6.07) is 0.130. The van der Waals surface area contributed by atoms with Gasteiger partial charge in [0.25, 0.3) is 5.91 Å². The summed E-state index contributed by atoms with van der Waals surface area (Å²) in [5.74, 6) is -0.153. The second kappa shape index (κ2) is 4.71. The molecule has 0 aromatic carbocycles. The smallest absolute Gasteiger partial charge is 0.274 e. The van der Waals surface area contributed by atoms with Crippen molar-refractivity contribution in [2.45, 2.75) is 32.2 Å². The van der Waals surface area contributed by atoms with Crippen LogP contribution in [-0.4, -0.2) is 34.3 Å². The quantitative estimate of drug-likeness (QED) is 0.679. The molecule has 0 aliphatic carbocycles. The van der Waals surface area contributed by atoms with Crippen LogP contribution in [0.25, 0.3) is 0 Å².